The second-order valence-electron chi connectivity index (χ2n) is 7.13. The number of hydrogen-bond donors (Lipinski definition) is 3. The Bertz CT molecular complexity index is 838. The first kappa shape index (κ1) is 23.9. The molecule has 1 amide bonds. The van der Waals surface area contributed by atoms with E-state index in [9.17, 15) is 4.79 Å². The van der Waals surface area contributed by atoms with Gasteiger partial charge >= 0.3 is 0 Å². The fourth-order valence-corrected chi connectivity index (χ4v) is 3.52. The van der Waals surface area contributed by atoms with Crippen LogP contribution in [0.25, 0.3) is 11.4 Å². The molecular formula is C20H30IN7O2. The molecule has 30 heavy (non-hydrogen) atoms. The van der Waals surface area contributed by atoms with Crippen molar-refractivity contribution in [2.75, 3.05) is 26.7 Å². The van der Waals surface area contributed by atoms with E-state index in [1.54, 1.807) is 7.11 Å². The molecule has 3 rings (SSSR count). The number of carbonyl (C=O) groups excluding carboxylic acids is 1. The lowest BCUT2D eigenvalue weighted by Crippen LogP contribution is -2.47. The number of aliphatic imine (C=N–C) groups is 1. The highest BCUT2D eigenvalue weighted by Crippen LogP contribution is 2.20. The molecule has 0 saturated carbocycles. The van der Waals surface area contributed by atoms with Gasteiger partial charge < -0.3 is 20.7 Å². The third kappa shape index (κ3) is 6.57. The van der Waals surface area contributed by atoms with E-state index in [-0.39, 0.29) is 35.8 Å². The van der Waals surface area contributed by atoms with E-state index in [0.29, 0.717) is 24.6 Å². The molecule has 164 valence electrons. The number of hydrogen-bond acceptors (Lipinski definition) is 5. The highest BCUT2D eigenvalue weighted by molar-refractivity contribution is 14.0. The summed E-state index contributed by atoms with van der Waals surface area (Å²) < 4.78 is 5.18. The Morgan fingerprint density at radius 2 is 2.17 bits per heavy atom. The van der Waals surface area contributed by atoms with Gasteiger partial charge in [0, 0.05) is 31.6 Å². The number of H-pyrrole nitrogens is 1. The first-order valence-electron chi connectivity index (χ1n) is 9.96. The molecule has 1 aromatic heterocycles. The summed E-state index contributed by atoms with van der Waals surface area (Å²) in [5, 5.41) is 10.6. The summed E-state index contributed by atoms with van der Waals surface area (Å²) in [5.74, 6) is 2.97. The van der Waals surface area contributed by atoms with Crippen LogP contribution in [-0.4, -0.2) is 58.7 Å². The fourth-order valence-electron chi connectivity index (χ4n) is 3.52. The second-order valence-corrected chi connectivity index (χ2v) is 7.13. The zero-order valence-electron chi connectivity index (χ0n) is 17.4. The number of primary amides is 1. The topological polar surface area (TPSA) is 122 Å². The van der Waals surface area contributed by atoms with E-state index in [4.69, 9.17) is 15.5 Å². The highest BCUT2D eigenvalue weighted by Gasteiger charge is 2.23. The number of rotatable bonds is 7. The molecular weight excluding hydrogens is 497 g/mol. The van der Waals surface area contributed by atoms with Crippen molar-refractivity contribution in [2.45, 2.75) is 32.7 Å². The molecule has 0 radical (unpaired) electrons. The maximum absolute atomic E-state index is 11.3. The first-order chi connectivity index (χ1) is 14.1. The number of halogens is 1. The van der Waals surface area contributed by atoms with Crippen molar-refractivity contribution in [3.63, 3.8) is 0 Å². The molecule has 9 nitrogen and oxygen atoms in total. The molecule has 10 heteroatoms. The molecule has 4 N–H and O–H groups in total. The van der Waals surface area contributed by atoms with E-state index in [1.165, 1.54) is 0 Å². The van der Waals surface area contributed by atoms with Crippen LogP contribution in [0.5, 0.6) is 5.75 Å². The number of nitrogens with two attached hydrogens (primary N) is 1. The molecule has 1 aliphatic rings. The van der Waals surface area contributed by atoms with Gasteiger partial charge in [0.2, 0.25) is 5.91 Å². The number of methoxy groups -OCH3 is 1. The van der Waals surface area contributed by atoms with Crippen LogP contribution < -0.4 is 15.8 Å². The van der Waals surface area contributed by atoms with Crippen molar-refractivity contribution in [1.29, 1.82) is 0 Å². The Morgan fingerprint density at radius 3 is 2.83 bits per heavy atom. The number of amides is 1. The Hall–Kier alpha value is -2.37. The fraction of sp³-hybridized carbons (Fsp3) is 0.500. The van der Waals surface area contributed by atoms with Crippen LogP contribution in [0.4, 0.5) is 0 Å². The molecule has 1 aromatic carbocycles. The average molecular weight is 527 g/mol. The quantitative estimate of drug-likeness (QED) is 0.288. The third-order valence-corrected chi connectivity index (χ3v) is 4.90. The number of guanidine groups is 1. The number of benzene rings is 1. The standard InChI is InChI=1S/C20H29N7O2.HI/c1-3-22-20(27-10-4-5-14(13-27)11-17(21)28)23-12-18-24-19(26-25-18)15-6-8-16(29-2)9-7-15;/h6-9,14H,3-5,10-13H2,1-2H3,(H2,21,28)(H,22,23)(H,24,25,26);1H. The SMILES string of the molecule is CCNC(=NCc1nc(-c2ccc(OC)cc2)n[nH]1)N1CCCC(CC(N)=O)C1.I. The summed E-state index contributed by atoms with van der Waals surface area (Å²) in [4.78, 5) is 22.7. The first-order valence-corrected chi connectivity index (χ1v) is 9.96. The minimum Gasteiger partial charge on any atom is -0.497 e. The number of nitrogens with one attached hydrogen (secondary N) is 2. The number of ether oxygens (including phenoxy) is 1. The van der Waals surface area contributed by atoms with E-state index < -0.39 is 0 Å². The summed E-state index contributed by atoms with van der Waals surface area (Å²) >= 11 is 0. The van der Waals surface area contributed by atoms with E-state index in [0.717, 1.165) is 49.7 Å². The van der Waals surface area contributed by atoms with Crippen molar-refractivity contribution in [3.05, 3.63) is 30.1 Å². The van der Waals surface area contributed by atoms with Gasteiger partial charge in [-0.3, -0.25) is 9.89 Å². The van der Waals surface area contributed by atoms with Crippen molar-refractivity contribution >= 4 is 35.8 Å². The van der Waals surface area contributed by atoms with Gasteiger partial charge in [0.1, 0.15) is 18.1 Å². The van der Waals surface area contributed by atoms with Crippen LogP contribution >= 0.6 is 24.0 Å². The highest BCUT2D eigenvalue weighted by atomic mass is 127. The molecule has 1 atom stereocenters. The van der Waals surface area contributed by atoms with Gasteiger partial charge in [0.05, 0.1) is 7.11 Å². The molecule has 0 spiro atoms. The summed E-state index contributed by atoms with van der Waals surface area (Å²) in [6.45, 7) is 4.89. The van der Waals surface area contributed by atoms with Gasteiger partial charge in [-0.2, -0.15) is 5.10 Å². The lowest BCUT2D eigenvalue weighted by Gasteiger charge is -2.34. The summed E-state index contributed by atoms with van der Waals surface area (Å²) in [6.07, 6.45) is 2.46. The molecule has 1 saturated heterocycles. The Balaban J connectivity index is 0.00000320. The minimum atomic E-state index is -0.244. The van der Waals surface area contributed by atoms with Crippen molar-refractivity contribution in [3.8, 4) is 17.1 Å². The monoisotopic (exact) mass is 527 g/mol. The van der Waals surface area contributed by atoms with E-state index >= 15 is 0 Å². The number of aromatic amines is 1. The van der Waals surface area contributed by atoms with Gasteiger partial charge in [-0.25, -0.2) is 9.98 Å². The van der Waals surface area contributed by atoms with Crippen LogP contribution in [0.3, 0.4) is 0 Å². The number of nitrogens with zero attached hydrogens (tertiary/aromatic N) is 4. The lowest BCUT2D eigenvalue weighted by molar-refractivity contribution is -0.119. The minimum absolute atomic E-state index is 0. The van der Waals surface area contributed by atoms with Crippen LogP contribution in [0.15, 0.2) is 29.3 Å². The second kappa shape index (κ2) is 11.7. The van der Waals surface area contributed by atoms with Crippen molar-refractivity contribution in [2.24, 2.45) is 16.6 Å². The number of piperidine rings is 1. The number of aromatic nitrogens is 3. The Kier molecular flexibility index (Phi) is 9.34. The largest absolute Gasteiger partial charge is 0.497 e. The molecule has 0 aliphatic carbocycles. The lowest BCUT2D eigenvalue weighted by atomic mass is 9.95. The molecule has 2 heterocycles. The van der Waals surface area contributed by atoms with Gasteiger partial charge in [0.15, 0.2) is 11.8 Å². The molecule has 2 aromatic rings. The van der Waals surface area contributed by atoms with Gasteiger partial charge in [-0.15, -0.1) is 24.0 Å². The third-order valence-electron chi connectivity index (χ3n) is 4.90. The van der Waals surface area contributed by atoms with E-state index in [2.05, 4.69) is 25.4 Å². The molecule has 1 unspecified atom stereocenters. The predicted molar refractivity (Wildman–Crippen MR) is 127 cm³/mol. The molecule has 1 aliphatic heterocycles. The van der Waals surface area contributed by atoms with E-state index in [1.807, 2.05) is 31.2 Å². The summed E-state index contributed by atoms with van der Waals surface area (Å²) in [7, 11) is 1.64. The summed E-state index contributed by atoms with van der Waals surface area (Å²) in [5.41, 5.74) is 6.29. The average Bonchev–Trinajstić information content (AvgIpc) is 3.20. The van der Waals surface area contributed by atoms with Crippen LogP contribution in [0, 0.1) is 5.92 Å². The van der Waals surface area contributed by atoms with Crippen molar-refractivity contribution in [1.82, 2.24) is 25.4 Å². The number of carbonyl (C=O) groups is 1. The number of likely N-dealkylation sites (tertiary alicyclic amines) is 1. The Labute approximate surface area is 193 Å². The Morgan fingerprint density at radius 1 is 1.40 bits per heavy atom. The van der Waals surface area contributed by atoms with Crippen molar-refractivity contribution < 1.29 is 9.53 Å². The van der Waals surface area contributed by atoms with Gasteiger partial charge in [-0.1, -0.05) is 0 Å². The van der Waals surface area contributed by atoms with Crippen LogP contribution in [0.1, 0.15) is 32.0 Å². The van der Waals surface area contributed by atoms with Gasteiger partial charge in [0.25, 0.3) is 0 Å². The molecule has 1 fully saturated rings. The van der Waals surface area contributed by atoms with Crippen LogP contribution in [0.2, 0.25) is 0 Å². The maximum Gasteiger partial charge on any atom is 0.217 e. The predicted octanol–water partition coefficient (Wildman–Crippen LogP) is 2.15. The van der Waals surface area contributed by atoms with Crippen LogP contribution in [-0.2, 0) is 11.3 Å². The maximum atomic E-state index is 11.3. The smallest absolute Gasteiger partial charge is 0.217 e. The molecule has 0 bridgehead atoms. The summed E-state index contributed by atoms with van der Waals surface area (Å²) in [6, 6.07) is 7.61. The van der Waals surface area contributed by atoms with Gasteiger partial charge in [-0.05, 0) is 49.9 Å². The zero-order valence-corrected chi connectivity index (χ0v) is 19.8. The normalized spacial score (nSPS) is 16.7. The zero-order chi connectivity index (χ0) is 20.6.